The fourth-order valence-electron chi connectivity index (χ4n) is 0.0833. The Morgan fingerprint density at radius 3 is 2.29 bits per heavy atom. The molecule has 0 bridgehead atoms. The minimum atomic E-state index is 0. The zero-order chi connectivity index (χ0) is 4.99. The predicted octanol–water partition coefficient (Wildman–Crippen LogP) is 1.71. The van der Waals surface area contributed by atoms with E-state index in [9.17, 15) is 0 Å². The van der Waals surface area contributed by atoms with Gasteiger partial charge in [-0.3, -0.25) is 0 Å². The Kier molecular flexibility index (Phi) is 9.77. The molecule has 1 N–H and O–H groups in total. The summed E-state index contributed by atoms with van der Waals surface area (Å²) < 4.78 is 0. The third-order valence-electron chi connectivity index (χ3n) is 0.724. The average molecular weight is 268 g/mol. The van der Waals surface area contributed by atoms with E-state index in [1.807, 2.05) is 6.92 Å². The van der Waals surface area contributed by atoms with Crippen LogP contribution in [0, 0.1) is 19.3 Å². The quantitative estimate of drug-likeness (QED) is 0.681. The van der Waals surface area contributed by atoms with Crippen LogP contribution in [0.2, 0.25) is 0 Å². The Hall–Kier alpha value is 0.518. The zero-order valence-corrected chi connectivity index (χ0v) is 7.41. The Morgan fingerprint density at radius 2 is 2.29 bits per heavy atom. The maximum atomic E-state index is 6.74. The van der Waals surface area contributed by atoms with Gasteiger partial charge in [0.1, 0.15) is 0 Å². The Labute approximate surface area is 59.9 Å². The van der Waals surface area contributed by atoms with Gasteiger partial charge < -0.3 is 5.73 Å². The summed E-state index contributed by atoms with van der Waals surface area (Å²) in [5.74, 6) is 0.366. The molecule has 1 nitrogen and oxygen atoms in total. The second-order valence-corrected chi connectivity index (χ2v) is 1.42. The van der Waals surface area contributed by atoms with E-state index in [0.29, 0.717) is 12.5 Å². The second kappa shape index (κ2) is 6.52. The molecule has 0 heterocycles. The van der Waals surface area contributed by atoms with Crippen LogP contribution in [0.1, 0.15) is 6.92 Å². The van der Waals surface area contributed by atoms with E-state index in [1.54, 1.807) is 6.42 Å². The molecule has 0 amide bonds. The van der Waals surface area contributed by atoms with E-state index >= 15 is 0 Å². The number of nitrogens with one attached hydrogen (secondary N) is 1. The molecule has 0 aromatic carbocycles. The molecule has 1 unspecified atom stereocenters. The van der Waals surface area contributed by atoms with Gasteiger partial charge in [-0.15, -0.1) is 13.5 Å². The van der Waals surface area contributed by atoms with Crippen molar-refractivity contribution in [2.45, 2.75) is 6.92 Å². The van der Waals surface area contributed by atoms with Crippen molar-refractivity contribution in [3.05, 3.63) is 19.1 Å². The molecule has 0 aromatic heterocycles. The van der Waals surface area contributed by atoms with Gasteiger partial charge in [0.2, 0.25) is 0 Å². The molecule has 0 aliphatic carbocycles. The van der Waals surface area contributed by atoms with Gasteiger partial charge in [-0.05, 0) is 6.92 Å². The summed E-state index contributed by atoms with van der Waals surface area (Å²) >= 11 is 0. The normalized spacial score (nSPS) is 11.9. The molecular weight excluding hydrogens is 258 g/mol. The molecule has 7 heavy (non-hydrogen) atoms. The maximum Gasteiger partial charge on any atom is 0.0456 e. The smallest absolute Gasteiger partial charge is 0.0456 e. The summed E-state index contributed by atoms with van der Waals surface area (Å²) in [5.41, 5.74) is 6.74. The Balaban J connectivity index is 0. The topological polar surface area (TPSA) is 23.8 Å². The molecule has 0 aliphatic heterocycles. The van der Waals surface area contributed by atoms with E-state index in [4.69, 9.17) is 5.73 Å². The molecule has 0 rings (SSSR count). The molecule has 0 saturated carbocycles. The van der Waals surface area contributed by atoms with Crippen molar-refractivity contribution in [1.82, 2.24) is 0 Å². The first-order chi connectivity index (χ1) is 2.81. The van der Waals surface area contributed by atoms with Gasteiger partial charge >= 0.3 is 0 Å². The summed E-state index contributed by atoms with van der Waals surface area (Å²) in [5, 5.41) is 0. The fourth-order valence-corrected chi connectivity index (χ4v) is 0.0833. The molecule has 42 valence electrons. The van der Waals surface area contributed by atoms with Gasteiger partial charge in [-0.2, -0.15) is 0 Å². The van der Waals surface area contributed by atoms with Crippen LogP contribution in [0.25, 0.3) is 5.73 Å². The van der Waals surface area contributed by atoms with Crippen LogP contribution in [0.3, 0.4) is 0 Å². The monoisotopic (exact) mass is 268 g/mol. The minimum absolute atomic E-state index is 0. The van der Waals surface area contributed by atoms with Gasteiger partial charge in [-0.1, -0.05) is 6.42 Å². The number of rotatable bonds is 2. The van der Waals surface area contributed by atoms with Crippen LogP contribution in [-0.4, -0.2) is 6.54 Å². The maximum absolute atomic E-state index is 6.74. The second-order valence-electron chi connectivity index (χ2n) is 1.42. The number of hydrogen-bond donors (Lipinski definition) is 0. The van der Waals surface area contributed by atoms with E-state index in [1.165, 1.54) is 0 Å². The minimum Gasteiger partial charge on any atom is -0.674 e. The van der Waals surface area contributed by atoms with Crippen LogP contribution < -0.4 is 0 Å². The van der Waals surface area contributed by atoms with Crippen LogP contribution in [-0.2, 0) is 21.1 Å². The van der Waals surface area contributed by atoms with Gasteiger partial charge in [-0.25, -0.2) is 0 Å². The van der Waals surface area contributed by atoms with Crippen molar-refractivity contribution in [3.8, 4) is 0 Å². The van der Waals surface area contributed by atoms with Gasteiger partial charge in [0, 0.05) is 27.0 Å². The molecule has 0 aromatic rings. The predicted molar refractivity (Wildman–Crippen MR) is 28.0 cm³/mol. The van der Waals surface area contributed by atoms with E-state index in [0.717, 1.165) is 0 Å². The van der Waals surface area contributed by atoms with E-state index in [-0.39, 0.29) is 21.1 Å². The summed E-state index contributed by atoms with van der Waals surface area (Å²) in [6, 6.07) is 0. The summed E-state index contributed by atoms with van der Waals surface area (Å²) in [4.78, 5) is 0. The zero-order valence-electron chi connectivity index (χ0n) is 4.48. The first-order valence-electron chi connectivity index (χ1n) is 2.08. The molecule has 1 atom stereocenters. The van der Waals surface area contributed by atoms with Gasteiger partial charge in [0.15, 0.2) is 0 Å². The van der Waals surface area contributed by atoms with Crippen molar-refractivity contribution in [3.63, 3.8) is 0 Å². The molecule has 0 aliphatic rings. The molecule has 0 radical (unpaired) electrons. The van der Waals surface area contributed by atoms with Gasteiger partial charge in [0.05, 0.1) is 0 Å². The van der Waals surface area contributed by atoms with Gasteiger partial charge in [0.25, 0.3) is 0 Å². The van der Waals surface area contributed by atoms with Crippen molar-refractivity contribution < 1.29 is 21.1 Å². The van der Waals surface area contributed by atoms with Crippen LogP contribution in [0.4, 0.5) is 0 Å². The fraction of sp³-hybridized carbons (Fsp3) is 0.600. The first-order valence-corrected chi connectivity index (χ1v) is 2.08. The summed E-state index contributed by atoms with van der Waals surface area (Å²) in [6.07, 6.45) is 1.78. The molecule has 0 fully saturated rings. The largest absolute Gasteiger partial charge is 0.674 e. The van der Waals surface area contributed by atoms with Crippen molar-refractivity contribution in [1.29, 1.82) is 0 Å². The van der Waals surface area contributed by atoms with Crippen molar-refractivity contribution in [2.75, 3.05) is 6.54 Å². The number of hydrogen-bond acceptors (Lipinski definition) is 0. The first kappa shape index (κ1) is 10.5. The van der Waals surface area contributed by atoms with Crippen molar-refractivity contribution in [2.24, 2.45) is 5.92 Å². The van der Waals surface area contributed by atoms with E-state index < -0.39 is 0 Å². The van der Waals surface area contributed by atoms with Crippen molar-refractivity contribution >= 4 is 0 Å². The molecule has 2 heteroatoms. The SMILES string of the molecule is [CH2-][CH+]C(C)C[NH-].[W]. The third kappa shape index (κ3) is 6.52. The van der Waals surface area contributed by atoms with E-state index in [2.05, 4.69) is 6.92 Å². The van der Waals surface area contributed by atoms with Crippen LogP contribution >= 0.6 is 0 Å². The standard InChI is InChI=1S/C5H10N.W/c1-3-5(2)4-6;/h3,5-6H,1,4H2,2H3;/q-1;. The Morgan fingerprint density at radius 1 is 1.86 bits per heavy atom. The molecule has 0 saturated heterocycles. The van der Waals surface area contributed by atoms with Crippen LogP contribution in [0.15, 0.2) is 0 Å². The molecule has 0 spiro atoms. The molecular formula is C5H10NW-. The average Bonchev–Trinajstić information content (AvgIpc) is 1.65. The summed E-state index contributed by atoms with van der Waals surface area (Å²) in [7, 11) is 0. The third-order valence-corrected chi connectivity index (χ3v) is 0.724. The summed E-state index contributed by atoms with van der Waals surface area (Å²) in [6.45, 7) is 5.95. The van der Waals surface area contributed by atoms with Crippen LogP contribution in [0.5, 0.6) is 0 Å². The Bertz CT molecular complexity index is 27.3.